The van der Waals surface area contributed by atoms with Crippen molar-refractivity contribution < 1.29 is 24.2 Å². The molecule has 1 aliphatic rings. The first kappa shape index (κ1) is 15.4. The molecule has 8 heteroatoms. The fourth-order valence-corrected chi connectivity index (χ4v) is 2.62. The van der Waals surface area contributed by atoms with E-state index in [1.807, 2.05) is 0 Å². The number of halogens is 1. The first-order valence-electron chi connectivity index (χ1n) is 5.73. The Balaban J connectivity index is 2.23. The maximum Gasteiger partial charge on any atom is 0.325 e. The topological polar surface area (TPSA) is 83.9 Å². The third kappa shape index (κ3) is 3.37. The average Bonchev–Trinajstić information content (AvgIpc) is 2.70. The van der Waals surface area contributed by atoms with Gasteiger partial charge in [-0.3, -0.25) is 19.3 Å². The molecule has 110 valence electrons. The highest BCUT2D eigenvalue weighted by Crippen LogP contribution is 2.33. The number of ether oxygens (including phenoxy) is 1. The summed E-state index contributed by atoms with van der Waals surface area (Å²) in [6, 6.07) is 4.40. The quantitative estimate of drug-likeness (QED) is 0.677. The van der Waals surface area contributed by atoms with Gasteiger partial charge in [-0.2, -0.15) is 0 Å². The molecule has 1 aromatic rings. The predicted molar refractivity (Wildman–Crippen MR) is 77.8 cm³/mol. The molecule has 1 aliphatic heterocycles. The van der Waals surface area contributed by atoms with Crippen LogP contribution in [-0.4, -0.2) is 40.8 Å². The summed E-state index contributed by atoms with van der Waals surface area (Å²) in [6.07, 6.45) is 1.47. The van der Waals surface area contributed by atoms with E-state index >= 15 is 0 Å². The largest absolute Gasteiger partial charge is 0.506 e. The predicted octanol–water partition coefficient (Wildman–Crippen LogP) is 2.25. The number of phenolic OH excluding ortho intramolecular Hbond substituents is 1. The summed E-state index contributed by atoms with van der Waals surface area (Å²) >= 11 is 6.50. The van der Waals surface area contributed by atoms with Crippen molar-refractivity contribution >= 4 is 46.6 Å². The van der Waals surface area contributed by atoms with Gasteiger partial charge < -0.3 is 9.84 Å². The fourth-order valence-electron chi connectivity index (χ4n) is 1.59. The number of carbonyl (C=O) groups is 3. The Morgan fingerprint density at radius 1 is 1.48 bits per heavy atom. The zero-order chi connectivity index (χ0) is 15.6. The van der Waals surface area contributed by atoms with Gasteiger partial charge in [0.2, 0.25) is 0 Å². The molecule has 1 N–H and O–H groups in total. The molecule has 0 aliphatic carbocycles. The van der Waals surface area contributed by atoms with E-state index in [1.54, 1.807) is 6.07 Å². The van der Waals surface area contributed by atoms with Crippen LogP contribution in [0.15, 0.2) is 23.1 Å². The molecule has 0 radical (unpaired) electrons. The Morgan fingerprint density at radius 3 is 2.81 bits per heavy atom. The summed E-state index contributed by atoms with van der Waals surface area (Å²) in [5.41, 5.74) is 0.557. The number of aromatic hydroxyl groups is 1. The minimum absolute atomic E-state index is 0.0763. The maximum absolute atomic E-state index is 12.0. The number of benzene rings is 1. The number of thioether (sulfide) groups is 1. The van der Waals surface area contributed by atoms with Gasteiger partial charge in [0.05, 0.1) is 17.0 Å². The van der Waals surface area contributed by atoms with Gasteiger partial charge in [0, 0.05) is 0 Å². The number of amides is 2. The van der Waals surface area contributed by atoms with Crippen LogP contribution in [0.2, 0.25) is 5.02 Å². The first-order valence-corrected chi connectivity index (χ1v) is 6.92. The molecule has 0 atom stereocenters. The minimum atomic E-state index is -0.675. The lowest BCUT2D eigenvalue weighted by Gasteiger charge is -2.09. The lowest BCUT2D eigenvalue weighted by molar-refractivity contribution is -0.143. The Morgan fingerprint density at radius 2 is 2.19 bits per heavy atom. The van der Waals surface area contributed by atoms with Crippen LogP contribution in [0.1, 0.15) is 5.56 Å². The summed E-state index contributed by atoms with van der Waals surface area (Å²) in [5, 5.41) is 8.92. The Hall–Kier alpha value is -1.99. The number of hydrogen-bond donors (Lipinski definition) is 1. The summed E-state index contributed by atoms with van der Waals surface area (Å²) < 4.78 is 4.43. The van der Waals surface area contributed by atoms with Gasteiger partial charge in [-0.25, -0.2) is 0 Å². The molecule has 0 spiro atoms. The van der Waals surface area contributed by atoms with Crippen molar-refractivity contribution in [1.29, 1.82) is 0 Å². The van der Waals surface area contributed by atoms with Crippen LogP contribution >= 0.6 is 23.4 Å². The Bertz CT molecular complexity index is 658. The molecule has 21 heavy (non-hydrogen) atoms. The summed E-state index contributed by atoms with van der Waals surface area (Å²) in [5.74, 6) is -1.32. The molecule has 0 unspecified atom stereocenters. The number of phenols is 1. The molecule has 1 saturated heterocycles. The third-order valence-electron chi connectivity index (χ3n) is 2.66. The number of nitrogens with zero attached hydrogens (tertiary/aromatic N) is 1. The van der Waals surface area contributed by atoms with Gasteiger partial charge in [-0.15, -0.1) is 0 Å². The highest BCUT2D eigenvalue weighted by atomic mass is 35.5. The first-order chi connectivity index (χ1) is 9.92. The maximum atomic E-state index is 12.0. The normalized spacial score (nSPS) is 16.7. The molecule has 6 nitrogen and oxygen atoms in total. The van der Waals surface area contributed by atoms with Gasteiger partial charge in [0.25, 0.3) is 11.1 Å². The van der Waals surface area contributed by atoms with E-state index in [2.05, 4.69) is 4.74 Å². The van der Waals surface area contributed by atoms with Crippen LogP contribution in [0, 0.1) is 0 Å². The molecule has 2 amide bonds. The van der Waals surface area contributed by atoms with Crippen LogP contribution in [0.25, 0.3) is 6.08 Å². The molecular formula is C13H10ClNO5S. The zero-order valence-corrected chi connectivity index (χ0v) is 12.4. The number of methoxy groups -OCH3 is 1. The highest BCUT2D eigenvalue weighted by Gasteiger charge is 2.36. The second kappa shape index (κ2) is 6.19. The third-order valence-corrected chi connectivity index (χ3v) is 3.87. The lowest BCUT2D eigenvalue weighted by atomic mass is 10.2. The van der Waals surface area contributed by atoms with Crippen molar-refractivity contribution in [3.05, 3.63) is 33.7 Å². The minimum Gasteiger partial charge on any atom is -0.506 e. The van der Waals surface area contributed by atoms with Crippen molar-refractivity contribution in [2.45, 2.75) is 0 Å². The van der Waals surface area contributed by atoms with E-state index in [1.165, 1.54) is 25.3 Å². The SMILES string of the molecule is COC(=O)CN1C(=O)S/C(=C\c2ccc(O)c(Cl)c2)C1=O. The van der Waals surface area contributed by atoms with Crippen LogP contribution in [0.4, 0.5) is 4.79 Å². The summed E-state index contributed by atoms with van der Waals surface area (Å²) in [7, 11) is 1.18. The van der Waals surface area contributed by atoms with E-state index in [0.29, 0.717) is 5.56 Å². The average molecular weight is 328 g/mol. The van der Waals surface area contributed by atoms with Crippen molar-refractivity contribution in [3.63, 3.8) is 0 Å². The van der Waals surface area contributed by atoms with E-state index in [0.717, 1.165) is 16.7 Å². The molecule has 0 aromatic heterocycles. The van der Waals surface area contributed by atoms with E-state index in [9.17, 15) is 19.5 Å². The van der Waals surface area contributed by atoms with E-state index < -0.39 is 23.7 Å². The van der Waals surface area contributed by atoms with Crippen LogP contribution in [-0.2, 0) is 14.3 Å². The van der Waals surface area contributed by atoms with Crippen molar-refractivity contribution in [2.75, 3.05) is 13.7 Å². The van der Waals surface area contributed by atoms with E-state index in [4.69, 9.17) is 11.6 Å². The molecule has 0 saturated carbocycles. The van der Waals surface area contributed by atoms with Crippen molar-refractivity contribution in [2.24, 2.45) is 0 Å². The summed E-state index contributed by atoms with van der Waals surface area (Å²) in [4.78, 5) is 35.9. The standard InChI is InChI=1S/C13H10ClNO5S/c1-20-11(17)6-15-12(18)10(21-13(15)19)5-7-2-3-9(16)8(14)4-7/h2-5,16H,6H2,1H3/b10-5-. The Kier molecular flexibility index (Phi) is 4.54. The van der Waals surface area contributed by atoms with Crippen molar-refractivity contribution in [3.8, 4) is 5.75 Å². The van der Waals surface area contributed by atoms with Gasteiger partial charge in [0.15, 0.2) is 0 Å². The number of carbonyl (C=O) groups excluding carboxylic acids is 3. The number of hydrogen-bond acceptors (Lipinski definition) is 6. The van der Waals surface area contributed by atoms with Crippen LogP contribution in [0.3, 0.4) is 0 Å². The lowest BCUT2D eigenvalue weighted by Crippen LogP contribution is -2.34. The summed E-state index contributed by atoms with van der Waals surface area (Å²) in [6.45, 7) is -0.422. The molecule has 1 heterocycles. The van der Waals surface area contributed by atoms with E-state index in [-0.39, 0.29) is 15.7 Å². The van der Waals surface area contributed by atoms with Crippen LogP contribution in [0.5, 0.6) is 5.75 Å². The zero-order valence-electron chi connectivity index (χ0n) is 10.8. The number of imide groups is 1. The van der Waals surface area contributed by atoms with Gasteiger partial charge in [-0.1, -0.05) is 17.7 Å². The molecule has 1 aromatic carbocycles. The van der Waals surface area contributed by atoms with Gasteiger partial charge in [-0.05, 0) is 35.5 Å². The highest BCUT2D eigenvalue weighted by molar-refractivity contribution is 8.18. The fraction of sp³-hybridized carbons (Fsp3) is 0.154. The van der Waals surface area contributed by atoms with Gasteiger partial charge in [0.1, 0.15) is 12.3 Å². The van der Waals surface area contributed by atoms with Crippen molar-refractivity contribution in [1.82, 2.24) is 4.90 Å². The number of rotatable bonds is 3. The molecule has 1 fully saturated rings. The second-order valence-electron chi connectivity index (χ2n) is 4.05. The number of esters is 1. The monoisotopic (exact) mass is 327 g/mol. The molecular weight excluding hydrogens is 318 g/mol. The van der Waals surface area contributed by atoms with Gasteiger partial charge >= 0.3 is 5.97 Å². The molecule has 2 rings (SSSR count). The Labute approximate surface area is 129 Å². The molecule has 0 bridgehead atoms. The smallest absolute Gasteiger partial charge is 0.325 e. The van der Waals surface area contributed by atoms with Crippen LogP contribution < -0.4 is 0 Å². The second-order valence-corrected chi connectivity index (χ2v) is 5.46.